The molecule has 0 saturated heterocycles. The Hall–Kier alpha value is -1.66. The van der Waals surface area contributed by atoms with Crippen molar-refractivity contribution in [3.05, 3.63) is 29.5 Å². The van der Waals surface area contributed by atoms with Crippen molar-refractivity contribution in [1.29, 1.82) is 0 Å². The highest BCUT2D eigenvalue weighted by atomic mass is 32.2. The van der Waals surface area contributed by atoms with Crippen molar-refractivity contribution in [2.75, 3.05) is 19.7 Å². The third kappa shape index (κ3) is 3.92. The molecule has 0 bridgehead atoms. The number of benzene rings is 1. The lowest BCUT2D eigenvalue weighted by molar-refractivity contribution is 0.0227. The van der Waals surface area contributed by atoms with Gasteiger partial charge in [-0.25, -0.2) is 4.98 Å². The molecule has 0 aliphatic carbocycles. The van der Waals surface area contributed by atoms with Crippen LogP contribution >= 0.6 is 11.8 Å². The van der Waals surface area contributed by atoms with E-state index in [0.717, 1.165) is 22.4 Å². The summed E-state index contributed by atoms with van der Waals surface area (Å²) in [7, 11) is 0. The van der Waals surface area contributed by atoms with Crippen LogP contribution in [0.3, 0.4) is 0 Å². The Morgan fingerprint density at radius 3 is 2.62 bits per heavy atom. The van der Waals surface area contributed by atoms with Gasteiger partial charge in [-0.2, -0.15) is 0 Å². The molecule has 0 aliphatic heterocycles. The first-order valence-electron chi connectivity index (χ1n) is 6.71. The molecule has 0 radical (unpaired) electrons. The maximum Gasteiger partial charge on any atom is 0.208 e. The summed E-state index contributed by atoms with van der Waals surface area (Å²) in [4.78, 5) is 4.28. The standard InChI is InChI=1S/C15H19N3O2S/c1-5-19-9-20-13-7-10(2)6-11(3)14(13)12-8-16-15(21-4)18-17-12/h6-8H,5,9H2,1-4H3. The van der Waals surface area contributed by atoms with Crippen LogP contribution in [-0.4, -0.2) is 34.8 Å². The molecule has 0 unspecified atom stereocenters. The Kier molecular flexibility index (Phi) is 5.52. The lowest BCUT2D eigenvalue weighted by Gasteiger charge is -2.14. The molecule has 5 nitrogen and oxygen atoms in total. The molecule has 2 aromatic rings. The molecule has 0 aliphatic rings. The number of hydrogen-bond acceptors (Lipinski definition) is 6. The van der Waals surface area contributed by atoms with Crippen molar-refractivity contribution in [2.45, 2.75) is 25.9 Å². The van der Waals surface area contributed by atoms with Gasteiger partial charge in [-0.05, 0) is 44.2 Å². The highest BCUT2D eigenvalue weighted by molar-refractivity contribution is 7.98. The van der Waals surface area contributed by atoms with E-state index in [1.165, 1.54) is 11.8 Å². The molecule has 6 heteroatoms. The zero-order chi connectivity index (χ0) is 15.2. The molecule has 1 heterocycles. The number of aryl methyl sites for hydroxylation is 2. The van der Waals surface area contributed by atoms with E-state index in [1.807, 2.05) is 33.1 Å². The van der Waals surface area contributed by atoms with Crippen molar-refractivity contribution in [1.82, 2.24) is 15.2 Å². The SMILES string of the molecule is CCOCOc1cc(C)cc(C)c1-c1cnc(SC)nn1. The topological polar surface area (TPSA) is 57.1 Å². The maximum atomic E-state index is 5.73. The highest BCUT2D eigenvalue weighted by Gasteiger charge is 2.13. The van der Waals surface area contributed by atoms with Crippen LogP contribution in [0.5, 0.6) is 5.75 Å². The van der Waals surface area contributed by atoms with E-state index < -0.39 is 0 Å². The minimum atomic E-state index is 0.218. The fourth-order valence-corrected chi connectivity index (χ4v) is 2.31. The van der Waals surface area contributed by atoms with E-state index in [1.54, 1.807) is 6.20 Å². The minimum absolute atomic E-state index is 0.218. The summed E-state index contributed by atoms with van der Waals surface area (Å²) < 4.78 is 11.0. The lowest BCUT2D eigenvalue weighted by atomic mass is 10.0. The van der Waals surface area contributed by atoms with Crippen LogP contribution in [0.2, 0.25) is 0 Å². The second-order valence-electron chi connectivity index (χ2n) is 4.54. The Morgan fingerprint density at radius 1 is 1.19 bits per heavy atom. The van der Waals surface area contributed by atoms with Crippen LogP contribution in [-0.2, 0) is 4.74 Å². The summed E-state index contributed by atoms with van der Waals surface area (Å²) in [6.45, 7) is 6.83. The highest BCUT2D eigenvalue weighted by Crippen LogP contribution is 2.33. The molecule has 0 fully saturated rings. The summed E-state index contributed by atoms with van der Waals surface area (Å²) >= 11 is 1.46. The second-order valence-corrected chi connectivity index (χ2v) is 5.31. The Balaban J connectivity index is 2.39. The van der Waals surface area contributed by atoms with Crippen molar-refractivity contribution >= 4 is 11.8 Å². The van der Waals surface area contributed by atoms with Gasteiger partial charge in [0.1, 0.15) is 11.4 Å². The molecule has 0 N–H and O–H groups in total. The maximum absolute atomic E-state index is 5.73. The van der Waals surface area contributed by atoms with E-state index >= 15 is 0 Å². The average molecular weight is 305 g/mol. The monoisotopic (exact) mass is 305 g/mol. The molecule has 0 spiro atoms. The molecule has 21 heavy (non-hydrogen) atoms. The van der Waals surface area contributed by atoms with Gasteiger partial charge in [-0.1, -0.05) is 17.8 Å². The van der Waals surface area contributed by atoms with Gasteiger partial charge in [0, 0.05) is 12.2 Å². The third-order valence-corrected chi connectivity index (χ3v) is 3.48. The van der Waals surface area contributed by atoms with E-state index in [0.29, 0.717) is 17.5 Å². The van der Waals surface area contributed by atoms with Gasteiger partial charge in [-0.3, -0.25) is 0 Å². The van der Waals surface area contributed by atoms with Gasteiger partial charge in [0.25, 0.3) is 0 Å². The first-order valence-corrected chi connectivity index (χ1v) is 7.94. The average Bonchev–Trinajstić information content (AvgIpc) is 2.47. The van der Waals surface area contributed by atoms with E-state index in [2.05, 4.69) is 21.2 Å². The molecule has 0 atom stereocenters. The van der Waals surface area contributed by atoms with Gasteiger partial charge < -0.3 is 9.47 Å². The predicted octanol–water partition coefficient (Wildman–Crippen LogP) is 3.25. The molecule has 112 valence electrons. The van der Waals surface area contributed by atoms with Gasteiger partial charge >= 0.3 is 0 Å². The second kappa shape index (κ2) is 7.38. The van der Waals surface area contributed by atoms with E-state index in [-0.39, 0.29) is 6.79 Å². The number of rotatable bonds is 6. The summed E-state index contributed by atoms with van der Waals surface area (Å²) in [6, 6.07) is 4.07. The molecule has 2 rings (SSSR count). The number of aromatic nitrogens is 3. The van der Waals surface area contributed by atoms with E-state index in [9.17, 15) is 0 Å². The lowest BCUT2D eigenvalue weighted by Crippen LogP contribution is -2.05. The molecule has 0 amide bonds. The molecule has 0 saturated carbocycles. The molecule has 1 aromatic carbocycles. The number of thioether (sulfide) groups is 1. The zero-order valence-electron chi connectivity index (χ0n) is 12.7. The van der Waals surface area contributed by atoms with Gasteiger partial charge in [0.2, 0.25) is 5.16 Å². The van der Waals surface area contributed by atoms with E-state index in [4.69, 9.17) is 9.47 Å². The molecule has 1 aromatic heterocycles. The summed E-state index contributed by atoms with van der Waals surface area (Å²) in [5.41, 5.74) is 3.82. The number of nitrogens with zero attached hydrogens (tertiary/aromatic N) is 3. The van der Waals surface area contributed by atoms with Crippen LogP contribution in [0.15, 0.2) is 23.5 Å². The first-order chi connectivity index (χ1) is 10.2. The molecular formula is C15H19N3O2S. The number of ether oxygens (including phenoxy) is 2. The predicted molar refractivity (Wildman–Crippen MR) is 83.6 cm³/mol. The summed E-state index contributed by atoms with van der Waals surface area (Å²) in [6.07, 6.45) is 3.65. The van der Waals surface area contributed by atoms with Crippen molar-refractivity contribution in [3.63, 3.8) is 0 Å². The van der Waals surface area contributed by atoms with Crippen LogP contribution in [0.1, 0.15) is 18.1 Å². The van der Waals surface area contributed by atoms with Gasteiger partial charge in [0.15, 0.2) is 6.79 Å². The number of hydrogen-bond donors (Lipinski definition) is 0. The Labute approximate surface area is 129 Å². The largest absolute Gasteiger partial charge is 0.467 e. The van der Waals surface area contributed by atoms with Crippen molar-refractivity contribution < 1.29 is 9.47 Å². The zero-order valence-corrected chi connectivity index (χ0v) is 13.5. The van der Waals surface area contributed by atoms with Crippen LogP contribution in [0.25, 0.3) is 11.3 Å². The van der Waals surface area contributed by atoms with Gasteiger partial charge in [0.05, 0.1) is 6.20 Å². The van der Waals surface area contributed by atoms with Crippen molar-refractivity contribution in [2.24, 2.45) is 0 Å². The van der Waals surface area contributed by atoms with Crippen molar-refractivity contribution in [3.8, 4) is 17.0 Å². The smallest absolute Gasteiger partial charge is 0.208 e. The van der Waals surface area contributed by atoms with Crippen LogP contribution in [0.4, 0.5) is 0 Å². The molecular weight excluding hydrogens is 286 g/mol. The normalized spacial score (nSPS) is 10.7. The Morgan fingerprint density at radius 2 is 2.00 bits per heavy atom. The first kappa shape index (κ1) is 15.7. The minimum Gasteiger partial charge on any atom is -0.467 e. The fraction of sp³-hybridized carbons (Fsp3) is 0.400. The van der Waals surface area contributed by atoms with Crippen LogP contribution in [0, 0.1) is 13.8 Å². The summed E-state index contributed by atoms with van der Waals surface area (Å²) in [5, 5.41) is 8.99. The van der Waals surface area contributed by atoms with Gasteiger partial charge in [-0.15, -0.1) is 10.2 Å². The quantitative estimate of drug-likeness (QED) is 0.464. The Bertz CT molecular complexity index is 603. The van der Waals surface area contributed by atoms with Crippen LogP contribution < -0.4 is 4.74 Å². The third-order valence-electron chi connectivity index (χ3n) is 2.92. The fourth-order valence-electron chi connectivity index (χ4n) is 2.03. The summed E-state index contributed by atoms with van der Waals surface area (Å²) in [5.74, 6) is 0.744.